The van der Waals surface area contributed by atoms with Crippen LogP contribution in [0.15, 0.2) is 76.4 Å². The zero-order valence-corrected chi connectivity index (χ0v) is 21.1. The molecular formula is C28H30N6O3. The number of rotatable bonds is 6. The molecule has 4 heterocycles. The maximum atomic E-state index is 12.9. The number of benzene rings is 1. The second-order valence-corrected chi connectivity index (χ2v) is 9.66. The minimum absolute atomic E-state index is 0.238. The molecule has 0 saturated carbocycles. The van der Waals surface area contributed by atoms with Crippen LogP contribution in [-0.2, 0) is 6.42 Å². The van der Waals surface area contributed by atoms with Crippen LogP contribution >= 0.6 is 0 Å². The van der Waals surface area contributed by atoms with Crippen molar-refractivity contribution in [3.05, 3.63) is 83.1 Å². The number of carbonyl (C=O) groups is 2. The van der Waals surface area contributed by atoms with Gasteiger partial charge >= 0.3 is 0 Å². The molecule has 2 aromatic rings. The number of fused-ring (bicyclic) bond motifs is 1. The summed E-state index contributed by atoms with van der Waals surface area (Å²) < 4.78 is 0.274. The Bertz CT molecular complexity index is 1340. The van der Waals surface area contributed by atoms with Crippen molar-refractivity contribution in [2.75, 3.05) is 18.9 Å². The number of amides is 2. The Morgan fingerprint density at radius 2 is 2.00 bits per heavy atom. The van der Waals surface area contributed by atoms with Crippen molar-refractivity contribution in [3.8, 4) is 0 Å². The molecule has 2 atom stereocenters. The monoisotopic (exact) mass is 498 g/mol. The van der Waals surface area contributed by atoms with Crippen LogP contribution in [0.3, 0.4) is 0 Å². The number of carbonyl (C=O) groups excluding carboxylic acids is 2. The molecule has 1 fully saturated rings. The minimum atomic E-state index is -1.18. The van der Waals surface area contributed by atoms with E-state index in [9.17, 15) is 14.7 Å². The molecule has 190 valence electrons. The van der Waals surface area contributed by atoms with Crippen LogP contribution in [0.2, 0.25) is 0 Å². The normalized spacial score (nSPS) is 22.6. The fraction of sp³-hybridized carbons (Fsp3) is 0.321. The van der Waals surface area contributed by atoms with E-state index < -0.39 is 6.09 Å². The molecule has 0 spiro atoms. The van der Waals surface area contributed by atoms with E-state index in [0.29, 0.717) is 30.0 Å². The van der Waals surface area contributed by atoms with E-state index in [1.54, 1.807) is 30.7 Å². The lowest BCUT2D eigenvalue weighted by Crippen LogP contribution is -2.51. The lowest BCUT2D eigenvalue weighted by molar-refractivity contribution is -0.713. The predicted molar refractivity (Wildman–Crippen MR) is 140 cm³/mol. The largest absolute Gasteiger partial charge is 0.530 e. The number of likely N-dealkylation sites (tertiary alicyclic amines) is 1. The van der Waals surface area contributed by atoms with Crippen LogP contribution in [0.5, 0.6) is 0 Å². The molecule has 2 unspecified atom stereocenters. The highest BCUT2D eigenvalue weighted by molar-refractivity contribution is 6.05. The number of quaternary nitrogens is 1. The Morgan fingerprint density at radius 1 is 1.19 bits per heavy atom. The Hall–Kier alpha value is -4.11. The summed E-state index contributed by atoms with van der Waals surface area (Å²) in [5, 5.41) is 14.7. The van der Waals surface area contributed by atoms with Crippen molar-refractivity contribution in [3.63, 3.8) is 0 Å². The number of amidine groups is 1. The number of allylic oxidation sites excluding steroid dienone is 1. The molecule has 5 rings (SSSR count). The number of aromatic nitrogens is 1. The zero-order chi connectivity index (χ0) is 26.0. The fourth-order valence-electron chi connectivity index (χ4n) is 5.21. The molecule has 9 heteroatoms. The highest BCUT2D eigenvalue weighted by Crippen LogP contribution is 2.37. The van der Waals surface area contributed by atoms with Gasteiger partial charge in [0.2, 0.25) is 5.84 Å². The predicted octanol–water partition coefficient (Wildman–Crippen LogP) is 3.46. The number of hydrogen-bond donors (Lipinski definition) is 1. The summed E-state index contributed by atoms with van der Waals surface area (Å²) in [6.07, 6.45) is 10.3. The summed E-state index contributed by atoms with van der Waals surface area (Å²) in [6.45, 7) is 2.55. The summed E-state index contributed by atoms with van der Waals surface area (Å²) in [7, 11) is 2.00. The van der Waals surface area contributed by atoms with Crippen molar-refractivity contribution in [2.24, 2.45) is 9.98 Å². The van der Waals surface area contributed by atoms with Gasteiger partial charge in [0.15, 0.2) is 5.70 Å². The third kappa shape index (κ3) is 4.70. The average Bonchev–Trinajstić information content (AvgIpc) is 3.22. The van der Waals surface area contributed by atoms with Gasteiger partial charge in [-0.1, -0.05) is 13.3 Å². The summed E-state index contributed by atoms with van der Waals surface area (Å²) >= 11 is 0. The molecule has 1 aromatic carbocycles. The van der Waals surface area contributed by atoms with Gasteiger partial charge in [-0.05, 0) is 67.6 Å². The van der Waals surface area contributed by atoms with Crippen molar-refractivity contribution < 1.29 is 19.2 Å². The number of piperidine rings is 1. The fourth-order valence-corrected chi connectivity index (χ4v) is 5.21. The smallest absolute Gasteiger partial charge is 0.256 e. The molecule has 0 radical (unpaired) electrons. The van der Waals surface area contributed by atoms with E-state index in [1.165, 1.54) is 4.90 Å². The third-order valence-corrected chi connectivity index (χ3v) is 7.14. The number of aliphatic imine (C=N–C) groups is 2. The molecule has 37 heavy (non-hydrogen) atoms. The molecule has 3 aliphatic heterocycles. The van der Waals surface area contributed by atoms with Gasteiger partial charge in [0.05, 0.1) is 31.1 Å². The molecule has 0 aliphatic carbocycles. The van der Waals surface area contributed by atoms with E-state index in [4.69, 9.17) is 4.99 Å². The van der Waals surface area contributed by atoms with Crippen molar-refractivity contribution in [2.45, 2.75) is 45.1 Å². The van der Waals surface area contributed by atoms with Crippen LogP contribution in [0.1, 0.15) is 54.1 Å². The standard InChI is InChI=1S/C28H30N6O3/c1-3-6-19-12-13-30-24(17-19)31-27(35)21-10-8-20(9-11-21)26-32-25(23-18-29-14-16-34(23,26)2)22-7-4-5-15-33(22)28(36)37/h8-14,16-18,22H,3-7,15H2,1-2H3,(H-,30,31,35,36,37). The van der Waals surface area contributed by atoms with Crippen molar-refractivity contribution in [1.82, 2.24) is 9.88 Å². The van der Waals surface area contributed by atoms with E-state index in [-0.39, 0.29) is 16.4 Å². The summed E-state index contributed by atoms with van der Waals surface area (Å²) in [5.74, 6) is 1.04. The second kappa shape index (κ2) is 10.1. The maximum Gasteiger partial charge on any atom is 0.256 e. The Kier molecular flexibility index (Phi) is 6.71. The number of nitrogens with zero attached hydrogens (tertiary/aromatic N) is 5. The number of aryl methyl sites for hydroxylation is 1. The number of hydrogen-bond acceptors (Lipinski definition) is 6. The van der Waals surface area contributed by atoms with E-state index in [2.05, 4.69) is 22.2 Å². The topological polar surface area (TPSA) is 110 Å². The Morgan fingerprint density at radius 3 is 2.76 bits per heavy atom. The molecule has 3 aliphatic rings. The first-order valence-electron chi connectivity index (χ1n) is 12.7. The highest BCUT2D eigenvalue weighted by atomic mass is 16.4. The SMILES string of the molecule is CCCc1ccnc(NC(=O)c2ccc(C3=NC(C4CCCCN4C(=O)[O-])=C4C=NC=C[N+]34C)cc2)c1. The quantitative estimate of drug-likeness (QED) is 0.615. The highest BCUT2D eigenvalue weighted by Gasteiger charge is 2.45. The van der Waals surface area contributed by atoms with Gasteiger partial charge in [-0.15, -0.1) is 0 Å². The number of nitrogens with one attached hydrogen (secondary N) is 1. The third-order valence-electron chi connectivity index (χ3n) is 7.14. The van der Waals surface area contributed by atoms with Gasteiger partial charge in [0.1, 0.15) is 23.8 Å². The Balaban J connectivity index is 1.41. The van der Waals surface area contributed by atoms with Gasteiger partial charge in [0.25, 0.3) is 5.91 Å². The first-order chi connectivity index (χ1) is 17.9. The molecule has 1 N–H and O–H groups in total. The van der Waals surface area contributed by atoms with E-state index in [0.717, 1.165) is 48.3 Å². The van der Waals surface area contributed by atoms with Gasteiger partial charge in [-0.25, -0.2) is 9.47 Å². The molecular weight excluding hydrogens is 468 g/mol. The van der Waals surface area contributed by atoms with Crippen LogP contribution in [-0.4, -0.2) is 58.1 Å². The molecule has 1 saturated heterocycles. The Labute approximate surface area is 216 Å². The van der Waals surface area contributed by atoms with Crippen LogP contribution in [0, 0.1) is 0 Å². The molecule has 9 nitrogen and oxygen atoms in total. The lowest BCUT2D eigenvalue weighted by Gasteiger charge is -2.37. The van der Waals surface area contributed by atoms with Crippen LogP contribution in [0.4, 0.5) is 10.6 Å². The van der Waals surface area contributed by atoms with Gasteiger partial charge < -0.3 is 20.1 Å². The van der Waals surface area contributed by atoms with Gasteiger partial charge in [0, 0.05) is 18.3 Å². The van der Waals surface area contributed by atoms with Crippen LogP contribution in [0.25, 0.3) is 0 Å². The summed E-state index contributed by atoms with van der Waals surface area (Å²) in [6, 6.07) is 10.8. The number of pyridine rings is 1. The second-order valence-electron chi connectivity index (χ2n) is 9.66. The molecule has 0 bridgehead atoms. The minimum Gasteiger partial charge on any atom is -0.530 e. The van der Waals surface area contributed by atoms with E-state index >= 15 is 0 Å². The van der Waals surface area contributed by atoms with Crippen LogP contribution < -0.4 is 10.4 Å². The summed E-state index contributed by atoms with van der Waals surface area (Å²) in [5.41, 5.74) is 4.02. The lowest BCUT2D eigenvalue weighted by atomic mass is 9.98. The van der Waals surface area contributed by atoms with Crippen molar-refractivity contribution in [1.29, 1.82) is 0 Å². The average molecular weight is 499 g/mol. The zero-order valence-electron chi connectivity index (χ0n) is 21.1. The summed E-state index contributed by atoms with van der Waals surface area (Å²) in [4.78, 5) is 39.7. The molecule has 1 aromatic heterocycles. The van der Waals surface area contributed by atoms with E-state index in [1.807, 2.05) is 37.5 Å². The number of anilines is 1. The van der Waals surface area contributed by atoms with Crippen molar-refractivity contribution >= 4 is 29.9 Å². The maximum absolute atomic E-state index is 12.9. The van der Waals surface area contributed by atoms with Gasteiger partial charge in [-0.2, -0.15) is 4.99 Å². The first-order valence-corrected chi connectivity index (χ1v) is 12.7. The van der Waals surface area contributed by atoms with Gasteiger partial charge in [-0.3, -0.25) is 9.79 Å². The first kappa shape index (κ1) is 24.6. The molecule has 2 amide bonds. The number of carboxylic acid groups (broad SMARTS) is 1.